The molecule has 0 bridgehead atoms. The van der Waals surface area contributed by atoms with E-state index in [-0.39, 0.29) is 0 Å². The van der Waals surface area contributed by atoms with Gasteiger partial charge < -0.3 is 0 Å². The standard InChI is InChI=1S/C18H19ClN2Si/c1-14-7-9-15(10-8-14)21-17(11-13-22(2,3)4)16-6-5-12-20-18(16)19/h5-10,12H,1-4H3. The highest BCUT2D eigenvalue weighted by atomic mass is 35.5. The van der Waals surface area contributed by atoms with Crippen LogP contribution in [0.1, 0.15) is 11.1 Å². The third kappa shape index (κ3) is 4.83. The molecule has 0 aliphatic rings. The molecule has 22 heavy (non-hydrogen) atoms. The second kappa shape index (κ2) is 6.91. The molecule has 0 radical (unpaired) electrons. The molecule has 2 nitrogen and oxygen atoms in total. The van der Waals surface area contributed by atoms with Crippen LogP contribution in [0.3, 0.4) is 0 Å². The summed E-state index contributed by atoms with van der Waals surface area (Å²) < 4.78 is 0. The van der Waals surface area contributed by atoms with E-state index >= 15 is 0 Å². The van der Waals surface area contributed by atoms with Gasteiger partial charge in [-0.25, -0.2) is 9.98 Å². The lowest BCUT2D eigenvalue weighted by Crippen LogP contribution is -2.17. The van der Waals surface area contributed by atoms with Gasteiger partial charge in [-0.05, 0) is 31.2 Å². The molecule has 0 spiro atoms. The van der Waals surface area contributed by atoms with Gasteiger partial charge in [0.2, 0.25) is 0 Å². The summed E-state index contributed by atoms with van der Waals surface area (Å²) in [5.74, 6) is 3.22. The Morgan fingerprint density at radius 3 is 2.41 bits per heavy atom. The highest BCUT2D eigenvalue weighted by Crippen LogP contribution is 2.18. The second-order valence-electron chi connectivity index (χ2n) is 6.14. The van der Waals surface area contributed by atoms with Crippen molar-refractivity contribution in [2.24, 2.45) is 4.99 Å². The first-order valence-corrected chi connectivity index (χ1v) is 11.0. The van der Waals surface area contributed by atoms with E-state index in [1.165, 1.54) is 5.56 Å². The molecule has 1 aromatic carbocycles. The number of nitrogens with zero attached hydrogens (tertiary/aromatic N) is 2. The molecule has 0 aliphatic heterocycles. The number of benzene rings is 1. The van der Waals surface area contributed by atoms with Gasteiger partial charge >= 0.3 is 0 Å². The third-order valence-electron chi connectivity index (χ3n) is 2.84. The van der Waals surface area contributed by atoms with Crippen LogP contribution in [0.5, 0.6) is 0 Å². The Labute approximate surface area is 138 Å². The van der Waals surface area contributed by atoms with Crippen molar-refractivity contribution in [1.29, 1.82) is 0 Å². The zero-order valence-corrected chi connectivity index (χ0v) is 15.1. The van der Waals surface area contributed by atoms with Gasteiger partial charge in [0.15, 0.2) is 0 Å². The van der Waals surface area contributed by atoms with Gasteiger partial charge in [0.1, 0.15) is 18.9 Å². The van der Waals surface area contributed by atoms with Crippen molar-refractivity contribution in [3.8, 4) is 11.5 Å². The van der Waals surface area contributed by atoms with Crippen molar-refractivity contribution >= 4 is 31.1 Å². The molecule has 0 atom stereocenters. The zero-order valence-electron chi connectivity index (χ0n) is 13.3. The van der Waals surface area contributed by atoms with Crippen LogP contribution in [0.25, 0.3) is 0 Å². The predicted molar refractivity (Wildman–Crippen MR) is 97.7 cm³/mol. The Balaban J connectivity index is 2.52. The van der Waals surface area contributed by atoms with Crippen LogP contribution < -0.4 is 0 Å². The maximum atomic E-state index is 6.21. The number of aryl methyl sites for hydroxylation is 1. The highest BCUT2D eigenvalue weighted by molar-refractivity contribution is 6.84. The molecule has 0 unspecified atom stereocenters. The predicted octanol–water partition coefficient (Wildman–Crippen LogP) is 5.05. The van der Waals surface area contributed by atoms with Crippen LogP contribution in [-0.2, 0) is 0 Å². The van der Waals surface area contributed by atoms with Crippen LogP contribution in [0.2, 0.25) is 24.8 Å². The largest absolute Gasteiger partial charge is 0.244 e. The summed E-state index contributed by atoms with van der Waals surface area (Å²) in [6.07, 6.45) is 1.67. The topological polar surface area (TPSA) is 25.2 Å². The highest BCUT2D eigenvalue weighted by Gasteiger charge is 2.11. The number of rotatable bonds is 2. The monoisotopic (exact) mass is 326 g/mol. The van der Waals surface area contributed by atoms with Crippen LogP contribution >= 0.6 is 11.6 Å². The van der Waals surface area contributed by atoms with E-state index < -0.39 is 8.07 Å². The summed E-state index contributed by atoms with van der Waals surface area (Å²) in [5.41, 5.74) is 6.86. The molecule has 0 N–H and O–H groups in total. The van der Waals surface area contributed by atoms with Gasteiger partial charge in [0.25, 0.3) is 0 Å². The fraction of sp³-hybridized carbons (Fsp3) is 0.222. The van der Waals surface area contributed by atoms with E-state index in [0.29, 0.717) is 10.9 Å². The number of aromatic nitrogens is 1. The van der Waals surface area contributed by atoms with Crippen LogP contribution in [-0.4, -0.2) is 18.8 Å². The molecular formula is C18H19ClN2Si. The SMILES string of the molecule is Cc1ccc(N=C(C#C[Si](C)(C)C)c2cccnc2Cl)cc1. The van der Waals surface area contributed by atoms with Gasteiger partial charge in [-0.3, -0.25) is 0 Å². The smallest absolute Gasteiger partial charge is 0.139 e. The average molecular weight is 327 g/mol. The Morgan fingerprint density at radius 2 is 1.82 bits per heavy atom. The normalized spacial score (nSPS) is 11.8. The fourth-order valence-corrected chi connectivity index (χ4v) is 2.42. The summed E-state index contributed by atoms with van der Waals surface area (Å²) in [6.45, 7) is 8.66. The lowest BCUT2D eigenvalue weighted by atomic mass is 10.1. The van der Waals surface area contributed by atoms with Crippen LogP contribution in [0.15, 0.2) is 47.6 Å². The first-order chi connectivity index (χ1) is 10.3. The van der Waals surface area contributed by atoms with E-state index in [1.807, 2.05) is 36.4 Å². The minimum Gasteiger partial charge on any atom is -0.244 e. The quantitative estimate of drug-likeness (QED) is 0.328. The fourth-order valence-electron chi connectivity index (χ4n) is 1.71. The molecule has 0 fully saturated rings. The minimum atomic E-state index is -1.50. The molecule has 112 valence electrons. The molecule has 0 saturated carbocycles. The third-order valence-corrected chi connectivity index (χ3v) is 4.02. The van der Waals surface area contributed by atoms with Crippen LogP contribution in [0.4, 0.5) is 5.69 Å². The van der Waals surface area contributed by atoms with Crippen molar-refractivity contribution in [3.05, 3.63) is 58.9 Å². The maximum absolute atomic E-state index is 6.21. The lowest BCUT2D eigenvalue weighted by molar-refractivity contribution is 1.31. The Kier molecular flexibility index (Phi) is 5.18. The van der Waals surface area contributed by atoms with Crippen molar-refractivity contribution in [2.75, 3.05) is 0 Å². The number of hydrogen-bond donors (Lipinski definition) is 0. The number of aliphatic imine (C=N–C) groups is 1. The summed E-state index contributed by atoms with van der Waals surface area (Å²) >= 11 is 6.21. The maximum Gasteiger partial charge on any atom is 0.139 e. The van der Waals surface area contributed by atoms with E-state index in [9.17, 15) is 0 Å². The zero-order chi connectivity index (χ0) is 16.2. The average Bonchev–Trinajstić information content (AvgIpc) is 2.45. The van der Waals surface area contributed by atoms with E-state index in [0.717, 1.165) is 11.3 Å². The summed E-state index contributed by atoms with van der Waals surface area (Å²) in [6, 6.07) is 11.8. The number of pyridine rings is 1. The summed E-state index contributed by atoms with van der Waals surface area (Å²) in [7, 11) is -1.50. The van der Waals surface area contributed by atoms with Gasteiger partial charge in [-0.2, -0.15) is 0 Å². The summed E-state index contributed by atoms with van der Waals surface area (Å²) in [5, 5.41) is 0.429. The molecule has 0 aliphatic carbocycles. The van der Waals surface area contributed by atoms with Gasteiger partial charge in [0, 0.05) is 11.8 Å². The molecule has 4 heteroatoms. The van der Waals surface area contributed by atoms with Crippen molar-refractivity contribution < 1.29 is 0 Å². The molecule has 2 rings (SSSR count). The van der Waals surface area contributed by atoms with Crippen molar-refractivity contribution in [1.82, 2.24) is 4.98 Å². The van der Waals surface area contributed by atoms with E-state index in [1.54, 1.807) is 6.20 Å². The Morgan fingerprint density at radius 1 is 1.14 bits per heavy atom. The van der Waals surface area contributed by atoms with E-state index in [2.05, 4.69) is 48.0 Å². The Bertz CT molecular complexity index is 747. The Hall–Kier alpha value is -1.89. The minimum absolute atomic E-state index is 0.429. The molecule has 2 aromatic rings. The van der Waals surface area contributed by atoms with Gasteiger partial charge in [-0.15, -0.1) is 5.54 Å². The number of halogens is 1. The first kappa shape index (κ1) is 16.5. The van der Waals surface area contributed by atoms with Crippen molar-refractivity contribution in [3.63, 3.8) is 0 Å². The van der Waals surface area contributed by atoms with Gasteiger partial charge in [0.05, 0.1) is 5.69 Å². The van der Waals surface area contributed by atoms with Crippen LogP contribution in [0, 0.1) is 18.4 Å². The second-order valence-corrected chi connectivity index (χ2v) is 11.2. The number of hydrogen-bond acceptors (Lipinski definition) is 2. The molecule has 0 amide bonds. The molecule has 0 saturated heterocycles. The van der Waals surface area contributed by atoms with E-state index in [4.69, 9.17) is 11.6 Å². The van der Waals surface area contributed by atoms with Crippen molar-refractivity contribution in [2.45, 2.75) is 26.6 Å². The molecular weight excluding hydrogens is 308 g/mol. The first-order valence-electron chi connectivity index (χ1n) is 7.14. The summed E-state index contributed by atoms with van der Waals surface area (Å²) in [4.78, 5) is 8.80. The van der Waals surface area contributed by atoms with Gasteiger partial charge in [-0.1, -0.05) is 54.9 Å². The molecule has 1 aromatic heterocycles. The lowest BCUT2D eigenvalue weighted by Gasteiger charge is -2.06. The molecule has 1 heterocycles.